The van der Waals surface area contributed by atoms with Gasteiger partial charge < -0.3 is 11.1 Å². The van der Waals surface area contributed by atoms with Crippen LogP contribution in [-0.4, -0.2) is 31.0 Å². The normalized spacial score (nSPS) is 20.5. The van der Waals surface area contributed by atoms with Crippen molar-refractivity contribution in [2.75, 3.05) is 5.32 Å². The lowest BCUT2D eigenvalue weighted by molar-refractivity contribution is 0.402. The van der Waals surface area contributed by atoms with Gasteiger partial charge in [-0.3, -0.25) is 3.97 Å². The first-order chi connectivity index (χ1) is 12.5. The Bertz CT molecular complexity index is 962. The lowest BCUT2D eigenvalue weighted by atomic mass is 9.91. The van der Waals surface area contributed by atoms with Crippen molar-refractivity contribution in [2.24, 2.45) is 5.73 Å². The largest absolute Gasteiger partial charge is 0.363 e. The summed E-state index contributed by atoms with van der Waals surface area (Å²) in [5, 5.41) is 4.40. The van der Waals surface area contributed by atoms with Crippen LogP contribution in [0.15, 0.2) is 24.7 Å². The van der Waals surface area contributed by atoms with Crippen LogP contribution in [0, 0.1) is 5.82 Å². The number of halogens is 2. The fourth-order valence-corrected chi connectivity index (χ4v) is 3.79. The fraction of sp³-hybridized carbons (Fsp3) is 0.353. The summed E-state index contributed by atoms with van der Waals surface area (Å²) in [4.78, 5) is 12.8. The standard InChI is InChI=1S/C17H18ClFN6S/c18-9-5-10-11(8-25(26)17(10)22-6-9)15-21-7-12(19)16(24-15)23-14-4-2-1-3-13(14)20/h5-8,13-14,26H,1-4,20H2,(H,21,23,24). The summed E-state index contributed by atoms with van der Waals surface area (Å²) in [6.45, 7) is 0. The molecular formula is C17H18ClFN6S. The summed E-state index contributed by atoms with van der Waals surface area (Å²) < 4.78 is 15.8. The van der Waals surface area contributed by atoms with E-state index in [-0.39, 0.29) is 17.9 Å². The number of hydrogen-bond acceptors (Lipinski definition) is 6. The Morgan fingerprint density at radius 2 is 2.08 bits per heavy atom. The molecule has 2 atom stereocenters. The highest BCUT2D eigenvalue weighted by Crippen LogP contribution is 2.31. The van der Waals surface area contributed by atoms with Crippen LogP contribution in [0.1, 0.15) is 25.7 Å². The lowest BCUT2D eigenvalue weighted by Crippen LogP contribution is -2.43. The molecule has 0 bridgehead atoms. The molecule has 9 heteroatoms. The first-order valence-corrected chi connectivity index (χ1v) is 9.21. The number of anilines is 1. The van der Waals surface area contributed by atoms with Crippen molar-refractivity contribution >= 4 is 41.3 Å². The highest BCUT2D eigenvalue weighted by molar-refractivity contribution is 7.78. The summed E-state index contributed by atoms with van der Waals surface area (Å²) in [7, 11) is 0. The molecular weight excluding hydrogens is 375 g/mol. The molecule has 0 aliphatic heterocycles. The zero-order valence-corrected chi connectivity index (χ0v) is 15.5. The van der Waals surface area contributed by atoms with Crippen molar-refractivity contribution in [3.8, 4) is 11.4 Å². The molecule has 26 heavy (non-hydrogen) atoms. The average Bonchev–Trinajstić information content (AvgIpc) is 2.95. The van der Waals surface area contributed by atoms with Crippen LogP contribution >= 0.6 is 24.4 Å². The Labute approximate surface area is 160 Å². The molecule has 1 fully saturated rings. The number of rotatable bonds is 3. The number of thiol groups is 1. The molecule has 0 spiro atoms. The Kier molecular flexibility index (Phi) is 4.73. The Morgan fingerprint density at radius 3 is 2.88 bits per heavy atom. The maximum Gasteiger partial charge on any atom is 0.183 e. The summed E-state index contributed by atoms with van der Waals surface area (Å²) in [6.07, 6.45) is 8.45. The van der Waals surface area contributed by atoms with Gasteiger partial charge in [-0.25, -0.2) is 19.3 Å². The molecule has 3 N–H and O–H groups in total. The third-order valence-electron chi connectivity index (χ3n) is 4.72. The average molecular weight is 393 g/mol. The molecule has 0 amide bonds. The van der Waals surface area contributed by atoms with E-state index in [1.165, 1.54) is 6.20 Å². The van der Waals surface area contributed by atoms with Gasteiger partial charge >= 0.3 is 0 Å². The molecule has 0 saturated heterocycles. The first-order valence-electron chi connectivity index (χ1n) is 8.44. The summed E-state index contributed by atoms with van der Waals surface area (Å²) in [5.41, 5.74) is 7.47. The molecule has 3 aromatic heterocycles. The number of pyridine rings is 1. The number of nitrogens with zero attached hydrogens (tertiary/aromatic N) is 4. The molecule has 4 rings (SSSR count). The van der Waals surface area contributed by atoms with Crippen molar-refractivity contribution in [1.82, 2.24) is 18.9 Å². The topological polar surface area (TPSA) is 81.6 Å². The van der Waals surface area contributed by atoms with Gasteiger partial charge in [0, 0.05) is 35.4 Å². The molecule has 136 valence electrons. The molecule has 1 aliphatic carbocycles. The summed E-state index contributed by atoms with van der Waals surface area (Å²) >= 11 is 10.4. The van der Waals surface area contributed by atoms with Gasteiger partial charge in [0.15, 0.2) is 23.1 Å². The van der Waals surface area contributed by atoms with Crippen LogP contribution in [0.3, 0.4) is 0 Å². The molecule has 0 aromatic carbocycles. The van der Waals surface area contributed by atoms with E-state index in [4.69, 9.17) is 17.3 Å². The second-order valence-electron chi connectivity index (χ2n) is 6.50. The summed E-state index contributed by atoms with van der Waals surface area (Å²) in [6, 6.07) is 1.76. The Hall–Kier alpha value is -1.90. The van der Waals surface area contributed by atoms with Crippen molar-refractivity contribution in [2.45, 2.75) is 37.8 Å². The third kappa shape index (κ3) is 3.24. The van der Waals surface area contributed by atoms with Crippen LogP contribution in [0.25, 0.3) is 22.4 Å². The van der Waals surface area contributed by atoms with E-state index in [1.54, 1.807) is 22.4 Å². The number of nitrogens with two attached hydrogens (primary N) is 1. The quantitative estimate of drug-likeness (QED) is 0.592. The second-order valence-corrected chi connectivity index (χ2v) is 7.37. The van der Waals surface area contributed by atoms with Crippen LogP contribution in [0.2, 0.25) is 5.02 Å². The zero-order valence-electron chi connectivity index (χ0n) is 13.9. The lowest BCUT2D eigenvalue weighted by Gasteiger charge is -2.29. The molecule has 1 saturated carbocycles. The predicted molar refractivity (Wildman–Crippen MR) is 104 cm³/mol. The minimum Gasteiger partial charge on any atom is -0.363 e. The van der Waals surface area contributed by atoms with E-state index < -0.39 is 5.82 Å². The monoisotopic (exact) mass is 392 g/mol. The minimum atomic E-state index is -0.503. The Balaban J connectivity index is 1.73. The van der Waals surface area contributed by atoms with Crippen molar-refractivity contribution < 1.29 is 4.39 Å². The second kappa shape index (κ2) is 7.02. The van der Waals surface area contributed by atoms with E-state index in [9.17, 15) is 4.39 Å². The van der Waals surface area contributed by atoms with Gasteiger partial charge in [0.2, 0.25) is 0 Å². The molecule has 6 nitrogen and oxygen atoms in total. The minimum absolute atomic E-state index is 0.00309. The maximum atomic E-state index is 14.3. The Morgan fingerprint density at radius 1 is 1.27 bits per heavy atom. The third-order valence-corrected chi connectivity index (χ3v) is 5.23. The van der Waals surface area contributed by atoms with Crippen LogP contribution in [0.5, 0.6) is 0 Å². The van der Waals surface area contributed by atoms with E-state index in [0.29, 0.717) is 22.1 Å². The van der Waals surface area contributed by atoms with Crippen LogP contribution < -0.4 is 11.1 Å². The fourth-order valence-electron chi connectivity index (χ4n) is 3.36. The highest BCUT2D eigenvalue weighted by Gasteiger charge is 2.24. The van der Waals surface area contributed by atoms with Crippen LogP contribution in [-0.2, 0) is 0 Å². The van der Waals surface area contributed by atoms with Gasteiger partial charge in [-0.2, -0.15) is 0 Å². The SMILES string of the molecule is NC1CCCCC1Nc1nc(-c2cn(S)c3ncc(Cl)cc23)ncc1F. The van der Waals surface area contributed by atoms with E-state index in [0.717, 1.165) is 31.1 Å². The number of fused-ring (bicyclic) bond motifs is 1. The zero-order chi connectivity index (χ0) is 18.3. The summed E-state index contributed by atoms with van der Waals surface area (Å²) in [5.74, 6) is 0.0323. The first kappa shape index (κ1) is 17.5. The number of nitrogens with one attached hydrogen (secondary N) is 1. The van der Waals surface area contributed by atoms with E-state index in [2.05, 4.69) is 33.1 Å². The van der Waals surface area contributed by atoms with Crippen LogP contribution in [0.4, 0.5) is 10.2 Å². The van der Waals surface area contributed by atoms with Crippen molar-refractivity contribution in [3.05, 3.63) is 35.5 Å². The maximum absolute atomic E-state index is 14.3. The van der Waals surface area contributed by atoms with E-state index in [1.807, 2.05) is 0 Å². The van der Waals surface area contributed by atoms with Gasteiger partial charge in [-0.05, 0) is 18.9 Å². The predicted octanol–water partition coefficient (Wildman–Crippen LogP) is 3.66. The van der Waals surface area contributed by atoms with Gasteiger partial charge in [0.25, 0.3) is 0 Å². The smallest absolute Gasteiger partial charge is 0.183 e. The van der Waals surface area contributed by atoms with Crippen molar-refractivity contribution in [1.29, 1.82) is 0 Å². The highest BCUT2D eigenvalue weighted by atomic mass is 35.5. The van der Waals surface area contributed by atoms with Gasteiger partial charge in [0.1, 0.15) is 0 Å². The molecule has 2 unspecified atom stereocenters. The molecule has 1 aliphatic rings. The number of hydrogen-bond donors (Lipinski definition) is 3. The van der Waals surface area contributed by atoms with Gasteiger partial charge in [0.05, 0.1) is 11.2 Å². The number of aromatic nitrogens is 4. The molecule has 3 heterocycles. The van der Waals surface area contributed by atoms with E-state index >= 15 is 0 Å². The molecule has 3 aromatic rings. The van der Waals surface area contributed by atoms with Gasteiger partial charge in [-0.1, -0.05) is 37.3 Å². The van der Waals surface area contributed by atoms with Crippen molar-refractivity contribution in [3.63, 3.8) is 0 Å². The van der Waals surface area contributed by atoms with Gasteiger partial charge in [-0.15, -0.1) is 0 Å². The molecule has 0 radical (unpaired) electrons.